The van der Waals surface area contributed by atoms with E-state index < -0.39 is 0 Å². The quantitative estimate of drug-likeness (QED) is 0.733. The van der Waals surface area contributed by atoms with E-state index in [1.807, 2.05) is 27.7 Å². The van der Waals surface area contributed by atoms with Crippen LogP contribution in [0, 0.1) is 37.7 Å². The second kappa shape index (κ2) is 30.9. The summed E-state index contributed by atoms with van der Waals surface area (Å²) in [5.74, 6) is 0. The van der Waals surface area contributed by atoms with E-state index in [1.165, 1.54) is 0 Å². The molecule has 0 heterocycles. The summed E-state index contributed by atoms with van der Waals surface area (Å²) in [6.07, 6.45) is 0. The minimum Gasteiger partial charge on any atom is -0.307 e. The molecule has 0 bridgehead atoms. The van der Waals surface area contributed by atoms with Crippen LogP contribution in [0.2, 0.25) is 0 Å². The number of rotatable bonds is 2. The Balaban J connectivity index is -0.0000000287. The molecule has 0 saturated heterocycles. The summed E-state index contributed by atoms with van der Waals surface area (Å²) < 4.78 is 0. The van der Waals surface area contributed by atoms with Crippen LogP contribution >= 0.6 is 0 Å². The molecule has 0 unspecified atom stereocenters. The van der Waals surface area contributed by atoms with Gasteiger partial charge in [0.05, 0.1) is 0 Å². The van der Waals surface area contributed by atoms with E-state index in [4.69, 9.17) is 0 Å². The largest absolute Gasteiger partial charge is 0.307 e. The van der Waals surface area contributed by atoms with Crippen molar-refractivity contribution in [1.82, 2.24) is 9.80 Å². The molecule has 2 nitrogen and oxygen atoms in total. The van der Waals surface area contributed by atoms with Crippen molar-refractivity contribution in [3.8, 4) is 0 Å². The monoisotopic (exact) mass is 290 g/mol. The van der Waals surface area contributed by atoms with Crippen LogP contribution in [0.3, 0.4) is 0 Å². The average Bonchev–Trinajstić information content (AvgIpc) is 2.24. The van der Waals surface area contributed by atoms with Gasteiger partial charge in [0.15, 0.2) is 0 Å². The van der Waals surface area contributed by atoms with Crippen molar-refractivity contribution in [2.75, 3.05) is 28.2 Å². The maximum absolute atomic E-state index is 2.17. The van der Waals surface area contributed by atoms with Gasteiger partial charge in [-0.2, -0.15) is 0 Å². The Kier molecular flexibility index (Phi) is 62.6. The zero-order valence-electron chi connectivity index (χ0n) is 14.4. The van der Waals surface area contributed by atoms with Crippen LogP contribution in [0.4, 0.5) is 0 Å². The molecule has 0 aromatic carbocycles. The molecular weight excluding hydrogens is 248 g/mol. The molecule has 120 valence electrons. The average molecular weight is 290 g/mol. The van der Waals surface area contributed by atoms with Crippen LogP contribution in [-0.4, -0.2) is 50.1 Å². The van der Waals surface area contributed by atoms with Crippen molar-refractivity contribution in [2.45, 2.75) is 74.9 Å². The Hall–Kier alpha value is 1.18. The normalized spacial score (nSPS) is 8.00. The molecule has 0 aliphatic carbocycles. The summed E-state index contributed by atoms with van der Waals surface area (Å²) in [7, 11) is 8.30. The van der Waals surface area contributed by atoms with Gasteiger partial charge in [0.1, 0.15) is 0 Å². The molecule has 0 aliphatic heterocycles. The molecule has 0 aromatic heterocycles. The zero-order valence-corrected chi connectivity index (χ0v) is 15.1. The number of hydrogen-bond acceptors (Lipinski definition) is 2. The number of nitrogens with zero attached hydrogens (tertiary/aromatic N) is 2. The molecule has 0 atom stereocenters. The topological polar surface area (TPSA) is 6.48 Å². The Morgan fingerprint density at radius 1 is 0.556 bits per heavy atom. The smallest absolute Gasteiger partial charge is 0.00324 e. The Bertz CT molecular complexity index is 68.5. The maximum atomic E-state index is 2.17. The first-order chi connectivity index (χ1) is 7.29. The van der Waals surface area contributed by atoms with Gasteiger partial charge in [-0.25, -0.2) is 0 Å². The van der Waals surface area contributed by atoms with Gasteiger partial charge in [0.25, 0.3) is 0 Å². The molecule has 0 N–H and O–H groups in total. The standard InChI is InChI=1S/2C5H13N.2C2H6.CH4.Ar/c2*1-5(2)6(3)4;2*1-2;;/h2*5H,1-4H3;2*1-2H3;1H4;. The molecule has 0 spiro atoms. The predicted molar refractivity (Wildman–Crippen MR) is 87.1 cm³/mol. The third-order valence-corrected chi connectivity index (χ3v) is 2.07. The summed E-state index contributed by atoms with van der Waals surface area (Å²) in [5.41, 5.74) is 0. The third-order valence-electron chi connectivity index (χ3n) is 2.07. The molecule has 0 saturated carbocycles. The third kappa shape index (κ3) is 53.4. The molecule has 0 rings (SSSR count). The van der Waals surface area contributed by atoms with Gasteiger partial charge in [-0.3, -0.25) is 0 Å². The molecule has 0 aromatic rings. The van der Waals surface area contributed by atoms with Crippen molar-refractivity contribution < 1.29 is 37.7 Å². The summed E-state index contributed by atoms with van der Waals surface area (Å²) in [6.45, 7) is 16.7. The van der Waals surface area contributed by atoms with Crippen LogP contribution in [0.15, 0.2) is 0 Å². The second-order valence-electron chi connectivity index (χ2n) is 4.11. The molecule has 0 fully saturated rings. The van der Waals surface area contributed by atoms with E-state index in [1.54, 1.807) is 0 Å². The van der Waals surface area contributed by atoms with Crippen molar-refractivity contribution in [1.29, 1.82) is 0 Å². The van der Waals surface area contributed by atoms with Crippen molar-refractivity contribution >= 4 is 0 Å². The minimum absolute atomic E-state index is 0. The first kappa shape index (κ1) is 36.5. The van der Waals surface area contributed by atoms with E-state index in [2.05, 4.69) is 65.7 Å². The molecule has 3 heteroatoms. The van der Waals surface area contributed by atoms with Gasteiger partial charge in [-0.1, -0.05) is 35.1 Å². The summed E-state index contributed by atoms with van der Waals surface area (Å²) in [6, 6.07) is 1.37. The van der Waals surface area contributed by atoms with Crippen molar-refractivity contribution in [3.63, 3.8) is 0 Å². The zero-order chi connectivity index (χ0) is 14.3. The molecule has 0 amide bonds. The first-order valence-electron chi connectivity index (χ1n) is 6.61. The summed E-state index contributed by atoms with van der Waals surface area (Å²) in [4.78, 5) is 4.33. The maximum Gasteiger partial charge on any atom is 0.00324 e. The second-order valence-corrected chi connectivity index (χ2v) is 4.11. The van der Waals surface area contributed by atoms with Crippen molar-refractivity contribution in [3.05, 3.63) is 0 Å². The van der Waals surface area contributed by atoms with Gasteiger partial charge >= 0.3 is 0 Å². The SMILES string of the molecule is C.CC.CC.CC(C)N(C)C.CC(C)N(C)C.[Ar]. The summed E-state index contributed by atoms with van der Waals surface area (Å²) >= 11 is 0. The van der Waals surface area contributed by atoms with Gasteiger partial charge < -0.3 is 9.80 Å². The fraction of sp³-hybridized carbons (Fsp3) is 1.00. The van der Waals surface area contributed by atoms with Crippen LogP contribution in [0.5, 0.6) is 0 Å². The first-order valence-corrected chi connectivity index (χ1v) is 6.61. The predicted octanol–water partition coefficient (Wildman–Crippen LogP) is 4.60. The van der Waals surface area contributed by atoms with E-state index in [9.17, 15) is 0 Å². The minimum atomic E-state index is 0. The Labute approximate surface area is 150 Å². The van der Waals surface area contributed by atoms with Gasteiger partial charge in [-0.05, 0) is 55.9 Å². The Morgan fingerprint density at radius 2 is 0.611 bits per heavy atom. The van der Waals surface area contributed by atoms with Crippen molar-refractivity contribution in [2.24, 2.45) is 0 Å². The van der Waals surface area contributed by atoms with Crippen LogP contribution in [-0.2, 0) is 0 Å². The molecule has 18 heavy (non-hydrogen) atoms. The van der Waals surface area contributed by atoms with Gasteiger partial charge in [-0.15, -0.1) is 0 Å². The van der Waals surface area contributed by atoms with E-state index in [0.717, 1.165) is 0 Å². The van der Waals surface area contributed by atoms with Gasteiger partial charge in [0, 0.05) is 49.8 Å². The van der Waals surface area contributed by atoms with E-state index >= 15 is 0 Å². The van der Waals surface area contributed by atoms with Crippen LogP contribution < -0.4 is 0 Å². The van der Waals surface area contributed by atoms with Crippen LogP contribution in [0.25, 0.3) is 0 Å². The Morgan fingerprint density at radius 3 is 0.611 bits per heavy atom. The molecular formula is C15H42ArN2. The van der Waals surface area contributed by atoms with Gasteiger partial charge in [0.2, 0.25) is 0 Å². The molecule has 0 aliphatic rings. The van der Waals surface area contributed by atoms with E-state index in [0.29, 0.717) is 12.1 Å². The fourth-order valence-electron chi connectivity index (χ4n) is 0. The molecule has 0 radical (unpaired) electrons. The fourth-order valence-corrected chi connectivity index (χ4v) is 0. The van der Waals surface area contributed by atoms with E-state index in [-0.39, 0.29) is 45.2 Å². The summed E-state index contributed by atoms with van der Waals surface area (Å²) in [5, 5.41) is 0. The number of hydrogen-bond donors (Lipinski definition) is 0. The van der Waals surface area contributed by atoms with Crippen LogP contribution in [0.1, 0.15) is 62.8 Å².